The molecular formula is C25H27BrN2O4S. The molecule has 0 aliphatic heterocycles. The molecule has 0 amide bonds. The van der Waals surface area contributed by atoms with Gasteiger partial charge in [0, 0.05) is 34.9 Å². The Labute approximate surface area is 208 Å². The number of ether oxygens (including phenoxy) is 4. The van der Waals surface area contributed by atoms with Crippen molar-refractivity contribution < 1.29 is 18.9 Å². The predicted molar refractivity (Wildman–Crippen MR) is 139 cm³/mol. The number of hydrogen-bond acceptors (Lipinski definition) is 5. The lowest BCUT2D eigenvalue weighted by Gasteiger charge is -2.27. The van der Waals surface area contributed by atoms with E-state index in [-0.39, 0.29) is 0 Å². The van der Waals surface area contributed by atoms with Gasteiger partial charge in [-0.3, -0.25) is 0 Å². The van der Waals surface area contributed by atoms with Gasteiger partial charge in [0.05, 0.1) is 28.4 Å². The zero-order valence-electron chi connectivity index (χ0n) is 19.1. The number of hydrogen-bond donors (Lipinski definition) is 1. The summed E-state index contributed by atoms with van der Waals surface area (Å²) in [4.78, 5) is 2.07. The third-order valence-electron chi connectivity index (χ3n) is 5.06. The average molecular weight is 531 g/mol. The first kappa shape index (κ1) is 24.7. The van der Waals surface area contributed by atoms with Crippen molar-refractivity contribution >= 4 is 38.9 Å². The molecular weight excluding hydrogens is 504 g/mol. The fourth-order valence-corrected chi connectivity index (χ4v) is 3.82. The SMILES string of the molecule is COc1ccc(CN(Cc2cc(OC)c(OC)cc2OC)C(=S)Nc2ccc(Br)cc2)cc1. The van der Waals surface area contributed by atoms with Gasteiger partial charge in [-0.1, -0.05) is 28.1 Å². The van der Waals surface area contributed by atoms with Crippen LogP contribution in [0.4, 0.5) is 5.69 Å². The smallest absolute Gasteiger partial charge is 0.174 e. The molecule has 0 bridgehead atoms. The minimum absolute atomic E-state index is 0.498. The highest BCUT2D eigenvalue weighted by Gasteiger charge is 2.18. The molecule has 3 aromatic rings. The van der Waals surface area contributed by atoms with Crippen LogP contribution in [-0.4, -0.2) is 38.5 Å². The Morgan fingerprint density at radius 1 is 0.788 bits per heavy atom. The zero-order valence-corrected chi connectivity index (χ0v) is 21.5. The van der Waals surface area contributed by atoms with Gasteiger partial charge < -0.3 is 29.2 Å². The lowest BCUT2D eigenvalue weighted by atomic mass is 10.1. The molecule has 3 aromatic carbocycles. The van der Waals surface area contributed by atoms with Crippen molar-refractivity contribution in [3.63, 3.8) is 0 Å². The third kappa shape index (κ3) is 6.52. The molecule has 0 saturated carbocycles. The van der Waals surface area contributed by atoms with Crippen LogP contribution in [0.3, 0.4) is 0 Å². The summed E-state index contributed by atoms with van der Waals surface area (Å²) >= 11 is 9.27. The largest absolute Gasteiger partial charge is 0.497 e. The highest BCUT2D eigenvalue weighted by molar-refractivity contribution is 9.10. The zero-order chi connectivity index (χ0) is 23.8. The molecule has 0 fully saturated rings. The van der Waals surface area contributed by atoms with Gasteiger partial charge in [0.15, 0.2) is 16.6 Å². The number of thiocarbonyl (C=S) groups is 1. The summed E-state index contributed by atoms with van der Waals surface area (Å²) in [6.07, 6.45) is 0. The topological polar surface area (TPSA) is 52.2 Å². The van der Waals surface area contributed by atoms with Gasteiger partial charge >= 0.3 is 0 Å². The molecule has 174 valence electrons. The van der Waals surface area contributed by atoms with E-state index in [0.717, 1.165) is 27.0 Å². The van der Waals surface area contributed by atoms with Crippen molar-refractivity contribution in [2.24, 2.45) is 0 Å². The Hall–Kier alpha value is -2.97. The molecule has 0 unspecified atom stereocenters. The number of anilines is 1. The number of methoxy groups -OCH3 is 4. The normalized spacial score (nSPS) is 10.3. The van der Waals surface area contributed by atoms with Crippen LogP contribution in [0.25, 0.3) is 0 Å². The van der Waals surface area contributed by atoms with E-state index in [9.17, 15) is 0 Å². The second-order valence-electron chi connectivity index (χ2n) is 7.16. The summed E-state index contributed by atoms with van der Waals surface area (Å²) in [6, 6.07) is 19.6. The molecule has 8 heteroatoms. The van der Waals surface area contributed by atoms with Gasteiger partial charge in [-0.05, 0) is 60.2 Å². The van der Waals surface area contributed by atoms with Crippen molar-refractivity contribution in [3.05, 3.63) is 76.3 Å². The Morgan fingerprint density at radius 2 is 1.39 bits per heavy atom. The highest BCUT2D eigenvalue weighted by atomic mass is 79.9. The number of nitrogens with one attached hydrogen (secondary N) is 1. The maximum absolute atomic E-state index is 5.81. The Bertz CT molecular complexity index is 1080. The highest BCUT2D eigenvalue weighted by Crippen LogP contribution is 2.35. The molecule has 0 atom stereocenters. The van der Waals surface area contributed by atoms with Crippen molar-refractivity contribution in [2.45, 2.75) is 13.1 Å². The average Bonchev–Trinajstić information content (AvgIpc) is 2.85. The fourth-order valence-electron chi connectivity index (χ4n) is 3.31. The van der Waals surface area contributed by atoms with E-state index in [1.54, 1.807) is 28.4 Å². The number of rotatable bonds is 9. The molecule has 0 aliphatic carbocycles. The van der Waals surface area contributed by atoms with Gasteiger partial charge in [0.2, 0.25) is 0 Å². The number of benzene rings is 3. The fraction of sp³-hybridized carbons (Fsp3) is 0.240. The van der Waals surface area contributed by atoms with Gasteiger partial charge in [-0.2, -0.15) is 0 Å². The molecule has 1 N–H and O–H groups in total. The van der Waals surface area contributed by atoms with E-state index in [1.807, 2.05) is 60.7 Å². The first-order valence-electron chi connectivity index (χ1n) is 10.2. The van der Waals surface area contributed by atoms with Crippen molar-refractivity contribution in [3.8, 4) is 23.0 Å². The van der Waals surface area contributed by atoms with Gasteiger partial charge in [0.25, 0.3) is 0 Å². The Morgan fingerprint density at radius 3 is 1.97 bits per heavy atom. The van der Waals surface area contributed by atoms with E-state index in [2.05, 4.69) is 26.1 Å². The molecule has 33 heavy (non-hydrogen) atoms. The van der Waals surface area contributed by atoms with Gasteiger partial charge in [-0.15, -0.1) is 0 Å². The van der Waals surface area contributed by atoms with E-state index in [1.165, 1.54) is 0 Å². The molecule has 6 nitrogen and oxygen atoms in total. The van der Waals surface area contributed by atoms with Crippen LogP contribution < -0.4 is 24.3 Å². The molecule has 0 aliphatic rings. The van der Waals surface area contributed by atoms with Crippen LogP contribution in [-0.2, 0) is 13.1 Å². The molecule has 0 heterocycles. The monoisotopic (exact) mass is 530 g/mol. The quantitative estimate of drug-likeness (QED) is 0.346. The lowest BCUT2D eigenvalue weighted by Crippen LogP contribution is -2.34. The summed E-state index contributed by atoms with van der Waals surface area (Å²) in [5.74, 6) is 2.74. The summed E-state index contributed by atoms with van der Waals surface area (Å²) in [5.41, 5.74) is 2.92. The van der Waals surface area contributed by atoms with Crippen molar-refractivity contribution in [2.75, 3.05) is 33.8 Å². The van der Waals surface area contributed by atoms with E-state index in [0.29, 0.717) is 35.5 Å². The maximum Gasteiger partial charge on any atom is 0.174 e. The molecule has 3 rings (SSSR count). The second-order valence-corrected chi connectivity index (χ2v) is 8.46. The predicted octanol–water partition coefficient (Wildman–Crippen LogP) is 5.88. The maximum atomic E-state index is 5.81. The molecule has 0 radical (unpaired) electrons. The van der Waals surface area contributed by atoms with E-state index < -0.39 is 0 Å². The number of halogens is 1. The molecule has 0 aromatic heterocycles. The van der Waals surface area contributed by atoms with Crippen LogP contribution in [0.1, 0.15) is 11.1 Å². The summed E-state index contributed by atoms with van der Waals surface area (Å²) in [5, 5.41) is 3.92. The van der Waals surface area contributed by atoms with Crippen molar-refractivity contribution in [1.82, 2.24) is 4.90 Å². The summed E-state index contributed by atoms with van der Waals surface area (Å²) in [7, 11) is 6.51. The van der Waals surface area contributed by atoms with Gasteiger partial charge in [-0.25, -0.2) is 0 Å². The van der Waals surface area contributed by atoms with Crippen LogP contribution in [0.2, 0.25) is 0 Å². The first-order valence-corrected chi connectivity index (χ1v) is 11.4. The third-order valence-corrected chi connectivity index (χ3v) is 5.95. The molecule has 0 saturated heterocycles. The van der Waals surface area contributed by atoms with Gasteiger partial charge in [0.1, 0.15) is 11.5 Å². The van der Waals surface area contributed by atoms with E-state index in [4.69, 9.17) is 31.2 Å². The summed E-state index contributed by atoms with van der Waals surface area (Å²) < 4.78 is 22.8. The lowest BCUT2D eigenvalue weighted by molar-refractivity contribution is 0.341. The summed E-state index contributed by atoms with van der Waals surface area (Å²) in [6.45, 7) is 1.09. The van der Waals surface area contributed by atoms with Crippen molar-refractivity contribution in [1.29, 1.82) is 0 Å². The Kier molecular flexibility index (Phi) is 8.79. The van der Waals surface area contributed by atoms with Crippen LogP contribution in [0.15, 0.2) is 65.1 Å². The molecule has 0 spiro atoms. The number of nitrogens with zero attached hydrogens (tertiary/aromatic N) is 1. The minimum Gasteiger partial charge on any atom is -0.497 e. The standard InChI is InChI=1S/C25H27BrN2O4S/c1-29-21-11-5-17(6-12-21)15-28(25(33)27-20-9-7-19(26)8-10-20)16-18-13-23(31-3)24(32-4)14-22(18)30-2/h5-14H,15-16H2,1-4H3,(H,27,33). The first-order chi connectivity index (χ1) is 16.0. The van der Waals surface area contributed by atoms with E-state index >= 15 is 0 Å². The van der Waals surface area contributed by atoms with Crippen LogP contribution in [0, 0.1) is 0 Å². The van der Waals surface area contributed by atoms with Crippen LogP contribution in [0.5, 0.6) is 23.0 Å². The van der Waals surface area contributed by atoms with Crippen LogP contribution >= 0.6 is 28.1 Å². The minimum atomic E-state index is 0.498. The second kappa shape index (κ2) is 11.8. The Balaban J connectivity index is 1.91.